The highest BCUT2D eigenvalue weighted by Crippen LogP contribution is 2.25. The summed E-state index contributed by atoms with van der Waals surface area (Å²) in [5.74, 6) is 0.516. The predicted octanol–water partition coefficient (Wildman–Crippen LogP) is 3.38. The summed E-state index contributed by atoms with van der Waals surface area (Å²) in [6.45, 7) is 1.70. The summed E-state index contributed by atoms with van der Waals surface area (Å²) in [5.41, 5.74) is 1.49. The first kappa shape index (κ1) is 14.1. The average Bonchev–Trinajstić information content (AvgIpc) is 2.46. The predicted molar refractivity (Wildman–Crippen MR) is 74.1 cm³/mol. The largest absolute Gasteiger partial charge is 0.497 e. The number of aryl methyl sites for hydroxylation is 1. The molecule has 4 heteroatoms. The van der Waals surface area contributed by atoms with E-state index in [1.54, 1.807) is 25.1 Å². The molecule has 0 bridgehead atoms. The first-order valence-corrected chi connectivity index (χ1v) is 6.09. The van der Waals surface area contributed by atoms with Crippen LogP contribution in [-0.4, -0.2) is 20.0 Å². The zero-order chi connectivity index (χ0) is 14.7. The number of hydrogen-bond donors (Lipinski definition) is 0. The highest BCUT2D eigenvalue weighted by atomic mass is 19.1. The lowest BCUT2D eigenvalue weighted by atomic mass is 9.98. The Morgan fingerprint density at radius 3 is 2.10 bits per heavy atom. The first-order valence-electron chi connectivity index (χ1n) is 6.09. The molecule has 20 heavy (non-hydrogen) atoms. The molecule has 2 aromatic rings. The van der Waals surface area contributed by atoms with E-state index in [1.165, 1.54) is 32.4 Å². The van der Waals surface area contributed by atoms with Crippen molar-refractivity contribution in [1.29, 1.82) is 0 Å². The number of benzene rings is 2. The van der Waals surface area contributed by atoms with Crippen molar-refractivity contribution in [3.05, 3.63) is 58.9 Å². The fourth-order valence-corrected chi connectivity index (χ4v) is 1.98. The summed E-state index contributed by atoms with van der Waals surface area (Å²) in [6.07, 6.45) is 0. The van der Waals surface area contributed by atoms with E-state index in [-0.39, 0.29) is 11.6 Å². The molecule has 0 saturated heterocycles. The Hall–Kier alpha value is -2.36. The minimum absolute atomic E-state index is 0.195. The second-order valence-corrected chi connectivity index (χ2v) is 4.39. The summed E-state index contributed by atoms with van der Waals surface area (Å²) in [4.78, 5) is 12.5. The highest BCUT2D eigenvalue weighted by molar-refractivity contribution is 6.10. The summed E-state index contributed by atoms with van der Waals surface area (Å²) < 4.78 is 23.4. The molecule has 2 rings (SSSR count). The molecule has 0 atom stereocenters. The van der Waals surface area contributed by atoms with Crippen LogP contribution in [0.5, 0.6) is 11.5 Å². The molecule has 0 aliphatic heterocycles. The monoisotopic (exact) mass is 274 g/mol. The second kappa shape index (κ2) is 5.74. The molecule has 3 nitrogen and oxygen atoms in total. The van der Waals surface area contributed by atoms with E-state index < -0.39 is 0 Å². The lowest BCUT2D eigenvalue weighted by molar-refractivity contribution is 0.103. The highest BCUT2D eigenvalue weighted by Gasteiger charge is 2.14. The molecule has 0 saturated carbocycles. The van der Waals surface area contributed by atoms with Gasteiger partial charge >= 0.3 is 0 Å². The van der Waals surface area contributed by atoms with Crippen molar-refractivity contribution in [2.75, 3.05) is 14.2 Å². The minimum Gasteiger partial charge on any atom is -0.497 e. The first-order chi connectivity index (χ1) is 9.55. The Balaban J connectivity index is 2.47. The Morgan fingerprint density at radius 2 is 1.60 bits per heavy atom. The van der Waals surface area contributed by atoms with Crippen LogP contribution in [0.1, 0.15) is 21.5 Å². The zero-order valence-corrected chi connectivity index (χ0v) is 11.6. The maximum atomic E-state index is 13.1. The molecule has 0 N–H and O–H groups in total. The molecule has 2 aromatic carbocycles. The van der Waals surface area contributed by atoms with Crippen LogP contribution in [0.2, 0.25) is 0 Å². The van der Waals surface area contributed by atoms with E-state index in [9.17, 15) is 9.18 Å². The van der Waals surface area contributed by atoms with Gasteiger partial charge in [-0.1, -0.05) is 0 Å². The van der Waals surface area contributed by atoms with E-state index in [2.05, 4.69) is 0 Å². The molecule has 0 aliphatic carbocycles. The van der Waals surface area contributed by atoms with Gasteiger partial charge < -0.3 is 9.47 Å². The molecule has 0 aliphatic rings. The fraction of sp³-hybridized carbons (Fsp3) is 0.188. The van der Waals surface area contributed by atoms with E-state index in [4.69, 9.17) is 9.47 Å². The van der Waals surface area contributed by atoms with Crippen LogP contribution in [0.4, 0.5) is 4.39 Å². The van der Waals surface area contributed by atoms with Gasteiger partial charge in [0.2, 0.25) is 0 Å². The lowest BCUT2D eigenvalue weighted by Gasteiger charge is -2.09. The number of ether oxygens (including phenoxy) is 2. The molecular formula is C16H15FO3. The zero-order valence-electron chi connectivity index (χ0n) is 11.6. The fourth-order valence-electron chi connectivity index (χ4n) is 1.98. The topological polar surface area (TPSA) is 35.5 Å². The van der Waals surface area contributed by atoms with Crippen molar-refractivity contribution in [2.24, 2.45) is 0 Å². The number of rotatable bonds is 4. The minimum atomic E-state index is -0.359. The van der Waals surface area contributed by atoms with E-state index >= 15 is 0 Å². The maximum absolute atomic E-state index is 13.1. The molecular weight excluding hydrogens is 259 g/mol. The van der Waals surface area contributed by atoms with Crippen LogP contribution < -0.4 is 9.47 Å². The molecule has 0 aromatic heterocycles. The van der Waals surface area contributed by atoms with E-state index in [0.717, 1.165) is 0 Å². The van der Waals surface area contributed by atoms with Crippen LogP contribution in [0.3, 0.4) is 0 Å². The Bertz CT molecular complexity index is 628. The molecule has 0 unspecified atom stereocenters. The van der Waals surface area contributed by atoms with Gasteiger partial charge in [-0.25, -0.2) is 4.39 Å². The third kappa shape index (κ3) is 2.79. The average molecular weight is 274 g/mol. The number of carbonyl (C=O) groups is 1. The molecule has 0 spiro atoms. The number of methoxy groups -OCH3 is 2. The van der Waals surface area contributed by atoms with Crippen LogP contribution in [0.15, 0.2) is 36.4 Å². The van der Waals surface area contributed by atoms with Gasteiger partial charge in [-0.2, -0.15) is 0 Å². The van der Waals surface area contributed by atoms with Gasteiger partial charge in [0.15, 0.2) is 5.78 Å². The van der Waals surface area contributed by atoms with Gasteiger partial charge in [0.1, 0.15) is 17.3 Å². The van der Waals surface area contributed by atoms with Crippen molar-refractivity contribution < 1.29 is 18.7 Å². The van der Waals surface area contributed by atoms with Crippen molar-refractivity contribution in [3.8, 4) is 11.5 Å². The summed E-state index contributed by atoms with van der Waals surface area (Å²) in [5, 5.41) is 0. The van der Waals surface area contributed by atoms with Crippen molar-refractivity contribution in [1.82, 2.24) is 0 Å². The lowest BCUT2D eigenvalue weighted by Crippen LogP contribution is -2.05. The number of ketones is 1. The maximum Gasteiger partial charge on any atom is 0.193 e. The van der Waals surface area contributed by atoms with Crippen LogP contribution >= 0.6 is 0 Å². The third-order valence-electron chi connectivity index (χ3n) is 3.05. The molecule has 0 fully saturated rings. The number of hydrogen-bond acceptors (Lipinski definition) is 3. The van der Waals surface area contributed by atoms with Crippen LogP contribution in [0.25, 0.3) is 0 Å². The number of carbonyl (C=O) groups excluding carboxylic acids is 1. The van der Waals surface area contributed by atoms with Gasteiger partial charge in [0, 0.05) is 17.2 Å². The molecule has 0 heterocycles. The van der Waals surface area contributed by atoms with Crippen LogP contribution in [0, 0.1) is 12.7 Å². The standard InChI is InChI=1S/C16H15FO3/c1-10-6-12(17)4-5-15(10)16(18)11-7-13(19-2)9-14(8-11)20-3/h4-9H,1-3H3. The van der Waals surface area contributed by atoms with Crippen molar-refractivity contribution >= 4 is 5.78 Å². The third-order valence-corrected chi connectivity index (χ3v) is 3.05. The van der Waals surface area contributed by atoms with Gasteiger partial charge in [-0.3, -0.25) is 4.79 Å². The number of halogens is 1. The van der Waals surface area contributed by atoms with Gasteiger partial charge in [0.05, 0.1) is 14.2 Å². The molecule has 104 valence electrons. The Morgan fingerprint density at radius 1 is 1.00 bits per heavy atom. The van der Waals surface area contributed by atoms with Gasteiger partial charge in [0.25, 0.3) is 0 Å². The van der Waals surface area contributed by atoms with Gasteiger partial charge in [-0.15, -0.1) is 0 Å². The van der Waals surface area contributed by atoms with Gasteiger partial charge in [-0.05, 0) is 42.8 Å². The summed E-state index contributed by atoms with van der Waals surface area (Å²) in [6, 6.07) is 9.05. The molecule has 0 radical (unpaired) electrons. The second-order valence-electron chi connectivity index (χ2n) is 4.39. The Kier molecular flexibility index (Phi) is 4.03. The Labute approximate surface area is 117 Å². The molecule has 0 amide bonds. The van der Waals surface area contributed by atoms with Crippen molar-refractivity contribution in [3.63, 3.8) is 0 Å². The van der Waals surface area contributed by atoms with E-state index in [0.29, 0.717) is 28.2 Å². The summed E-state index contributed by atoms with van der Waals surface area (Å²) >= 11 is 0. The quantitative estimate of drug-likeness (QED) is 0.802. The summed E-state index contributed by atoms with van der Waals surface area (Å²) in [7, 11) is 3.04. The van der Waals surface area contributed by atoms with Crippen LogP contribution in [-0.2, 0) is 0 Å². The normalized spacial score (nSPS) is 10.2. The van der Waals surface area contributed by atoms with E-state index in [1.807, 2.05) is 0 Å². The smallest absolute Gasteiger partial charge is 0.193 e. The van der Waals surface area contributed by atoms with Crippen molar-refractivity contribution in [2.45, 2.75) is 6.92 Å². The SMILES string of the molecule is COc1cc(OC)cc(C(=O)c2ccc(F)cc2C)c1.